The summed E-state index contributed by atoms with van der Waals surface area (Å²) in [5.74, 6) is 0.618. The van der Waals surface area contributed by atoms with E-state index in [4.69, 9.17) is 9.84 Å². The number of hydrogen-bond donors (Lipinski definition) is 2. The Labute approximate surface area is 88.9 Å². The molecule has 82 valence electrons. The zero-order valence-electron chi connectivity index (χ0n) is 8.69. The van der Waals surface area contributed by atoms with Crippen LogP contribution in [-0.4, -0.2) is 24.2 Å². The van der Waals surface area contributed by atoms with Crippen molar-refractivity contribution in [3.8, 4) is 5.75 Å². The normalized spacial score (nSPS) is 9.73. The van der Waals surface area contributed by atoms with Crippen LogP contribution in [0.15, 0.2) is 24.3 Å². The van der Waals surface area contributed by atoms with Gasteiger partial charge >= 0.3 is 0 Å². The van der Waals surface area contributed by atoms with Crippen LogP contribution in [0.5, 0.6) is 5.75 Å². The first-order valence-electron chi connectivity index (χ1n) is 4.80. The molecule has 0 radical (unpaired) electrons. The lowest BCUT2D eigenvalue weighted by atomic mass is 10.2. The van der Waals surface area contributed by atoms with E-state index in [2.05, 4.69) is 5.32 Å². The minimum Gasteiger partial charge on any atom is -0.491 e. The van der Waals surface area contributed by atoms with Crippen LogP contribution in [0, 0.1) is 0 Å². The molecule has 15 heavy (non-hydrogen) atoms. The fraction of sp³-hybridized carbons (Fsp3) is 0.364. The Morgan fingerprint density at radius 2 is 2.20 bits per heavy atom. The van der Waals surface area contributed by atoms with Crippen molar-refractivity contribution >= 4 is 5.91 Å². The van der Waals surface area contributed by atoms with Crippen molar-refractivity contribution in [3.63, 3.8) is 0 Å². The Bertz CT molecular complexity index is 325. The van der Waals surface area contributed by atoms with Crippen LogP contribution in [0.25, 0.3) is 0 Å². The van der Waals surface area contributed by atoms with E-state index in [1.807, 2.05) is 24.3 Å². The fourth-order valence-electron chi connectivity index (χ4n) is 1.17. The van der Waals surface area contributed by atoms with Gasteiger partial charge in [0.25, 0.3) is 0 Å². The van der Waals surface area contributed by atoms with Crippen molar-refractivity contribution in [2.24, 2.45) is 0 Å². The molecule has 1 rings (SSSR count). The van der Waals surface area contributed by atoms with Crippen LogP contribution < -0.4 is 10.1 Å². The van der Waals surface area contributed by atoms with Gasteiger partial charge in [0.1, 0.15) is 12.4 Å². The summed E-state index contributed by atoms with van der Waals surface area (Å²) in [6.45, 7) is 2.15. The molecule has 0 heterocycles. The molecule has 0 aliphatic rings. The van der Waals surface area contributed by atoms with Gasteiger partial charge in [-0.1, -0.05) is 18.2 Å². The van der Waals surface area contributed by atoms with Crippen LogP contribution in [0.2, 0.25) is 0 Å². The van der Waals surface area contributed by atoms with Gasteiger partial charge in [-0.25, -0.2) is 0 Å². The molecule has 1 amide bonds. The van der Waals surface area contributed by atoms with E-state index < -0.39 is 0 Å². The van der Waals surface area contributed by atoms with E-state index in [9.17, 15) is 4.79 Å². The van der Waals surface area contributed by atoms with Crippen molar-refractivity contribution in [2.45, 2.75) is 13.5 Å². The molecule has 0 atom stereocenters. The molecule has 0 bridgehead atoms. The number of carbonyl (C=O) groups is 1. The molecule has 0 aliphatic heterocycles. The summed E-state index contributed by atoms with van der Waals surface area (Å²) in [5.41, 5.74) is 0.904. The predicted molar refractivity (Wildman–Crippen MR) is 56.5 cm³/mol. The number of amides is 1. The lowest BCUT2D eigenvalue weighted by Crippen LogP contribution is -2.19. The highest BCUT2D eigenvalue weighted by molar-refractivity contribution is 5.72. The predicted octanol–water partition coefficient (Wildman–Crippen LogP) is 0.694. The van der Waals surface area contributed by atoms with Crippen molar-refractivity contribution in [1.29, 1.82) is 0 Å². The summed E-state index contributed by atoms with van der Waals surface area (Å²) < 4.78 is 5.32. The standard InChI is InChI=1S/C11H15NO3/c1-9(14)12-8-10-4-2-3-5-11(10)15-7-6-13/h2-5,13H,6-8H2,1H3,(H,12,14). The van der Waals surface area contributed by atoms with Gasteiger partial charge in [-0.05, 0) is 6.07 Å². The average Bonchev–Trinajstić information content (AvgIpc) is 2.24. The SMILES string of the molecule is CC(=O)NCc1ccccc1OCCO. The third-order valence-electron chi connectivity index (χ3n) is 1.85. The van der Waals surface area contributed by atoms with Crippen LogP contribution in [0.4, 0.5) is 0 Å². The zero-order chi connectivity index (χ0) is 11.1. The van der Waals surface area contributed by atoms with Crippen molar-refractivity contribution < 1.29 is 14.6 Å². The summed E-state index contributed by atoms with van der Waals surface area (Å²) in [4.78, 5) is 10.8. The summed E-state index contributed by atoms with van der Waals surface area (Å²) in [5, 5.41) is 11.3. The number of aliphatic hydroxyl groups is 1. The van der Waals surface area contributed by atoms with Crippen molar-refractivity contribution in [2.75, 3.05) is 13.2 Å². The number of aliphatic hydroxyl groups excluding tert-OH is 1. The first-order valence-corrected chi connectivity index (χ1v) is 4.80. The minimum absolute atomic E-state index is 0.0194. The number of nitrogens with one attached hydrogen (secondary N) is 1. The molecule has 0 aromatic heterocycles. The second kappa shape index (κ2) is 6.03. The number of ether oxygens (including phenoxy) is 1. The number of hydrogen-bond acceptors (Lipinski definition) is 3. The maximum atomic E-state index is 10.8. The van der Waals surface area contributed by atoms with Gasteiger partial charge in [-0.2, -0.15) is 0 Å². The minimum atomic E-state index is -0.0769. The largest absolute Gasteiger partial charge is 0.491 e. The van der Waals surface area contributed by atoms with E-state index >= 15 is 0 Å². The average molecular weight is 209 g/mol. The molecule has 0 fully saturated rings. The van der Waals surface area contributed by atoms with Gasteiger partial charge in [0.15, 0.2) is 0 Å². The van der Waals surface area contributed by atoms with E-state index in [0.29, 0.717) is 12.3 Å². The lowest BCUT2D eigenvalue weighted by molar-refractivity contribution is -0.119. The molecule has 1 aromatic rings. The summed E-state index contributed by atoms with van der Waals surface area (Å²) in [6, 6.07) is 7.42. The highest BCUT2D eigenvalue weighted by atomic mass is 16.5. The molecule has 0 saturated carbocycles. The Kier molecular flexibility index (Phi) is 4.63. The third kappa shape index (κ3) is 3.99. The van der Waals surface area contributed by atoms with E-state index in [1.165, 1.54) is 6.92 Å². The van der Waals surface area contributed by atoms with Crippen molar-refractivity contribution in [3.05, 3.63) is 29.8 Å². The topological polar surface area (TPSA) is 58.6 Å². The highest BCUT2D eigenvalue weighted by Crippen LogP contribution is 2.17. The van der Waals surface area contributed by atoms with Gasteiger partial charge in [0, 0.05) is 19.0 Å². The molecular formula is C11H15NO3. The quantitative estimate of drug-likeness (QED) is 0.750. The van der Waals surface area contributed by atoms with Gasteiger partial charge in [-0.15, -0.1) is 0 Å². The third-order valence-corrected chi connectivity index (χ3v) is 1.85. The number of benzene rings is 1. The Balaban J connectivity index is 2.63. The molecule has 0 aliphatic carbocycles. The maximum absolute atomic E-state index is 10.8. The number of rotatable bonds is 5. The Hall–Kier alpha value is -1.55. The molecule has 1 aromatic carbocycles. The van der Waals surface area contributed by atoms with E-state index in [-0.39, 0.29) is 19.1 Å². The zero-order valence-corrected chi connectivity index (χ0v) is 8.69. The van der Waals surface area contributed by atoms with Gasteiger partial charge in [-0.3, -0.25) is 4.79 Å². The molecular weight excluding hydrogens is 194 g/mol. The number of para-hydroxylation sites is 1. The summed E-state index contributed by atoms with van der Waals surface area (Å²) in [6.07, 6.45) is 0. The van der Waals surface area contributed by atoms with Crippen LogP contribution in [0.3, 0.4) is 0 Å². The van der Waals surface area contributed by atoms with Gasteiger partial charge < -0.3 is 15.2 Å². The van der Waals surface area contributed by atoms with Crippen LogP contribution in [-0.2, 0) is 11.3 Å². The number of carbonyl (C=O) groups excluding carboxylic acids is 1. The fourth-order valence-corrected chi connectivity index (χ4v) is 1.17. The summed E-state index contributed by atoms with van der Waals surface area (Å²) in [7, 11) is 0. The van der Waals surface area contributed by atoms with Crippen LogP contribution >= 0.6 is 0 Å². The van der Waals surface area contributed by atoms with Crippen molar-refractivity contribution in [1.82, 2.24) is 5.32 Å². The molecule has 4 heteroatoms. The van der Waals surface area contributed by atoms with Crippen LogP contribution in [0.1, 0.15) is 12.5 Å². The maximum Gasteiger partial charge on any atom is 0.217 e. The molecule has 2 N–H and O–H groups in total. The van der Waals surface area contributed by atoms with Gasteiger partial charge in [0.05, 0.1) is 6.61 Å². The molecule has 4 nitrogen and oxygen atoms in total. The second-order valence-corrected chi connectivity index (χ2v) is 3.09. The molecule has 0 unspecified atom stereocenters. The molecule has 0 spiro atoms. The lowest BCUT2D eigenvalue weighted by Gasteiger charge is -2.10. The van der Waals surface area contributed by atoms with E-state index in [0.717, 1.165) is 5.56 Å². The molecule has 0 saturated heterocycles. The van der Waals surface area contributed by atoms with E-state index in [1.54, 1.807) is 0 Å². The first kappa shape index (κ1) is 11.5. The smallest absolute Gasteiger partial charge is 0.217 e. The van der Waals surface area contributed by atoms with Gasteiger partial charge in [0.2, 0.25) is 5.91 Å². The highest BCUT2D eigenvalue weighted by Gasteiger charge is 2.02. The Morgan fingerprint density at radius 1 is 1.47 bits per heavy atom. The Morgan fingerprint density at radius 3 is 2.87 bits per heavy atom. The monoisotopic (exact) mass is 209 g/mol. The summed E-state index contributed by atoms with van der Waals surface area (Å²) >= 11 is 0. The first-order chi connectivity index (χ1) is 7.24. The second-order valence-electron chi connectivity index (χ2n) is 3.09.